The number of halogens is 5. The number of carboxylic acids is 1. The summed E-state index contributed by atoms with van der Waals surface area (Å²) in [5.41, 5.74) is 5.28. The summed E-state index contributed by atoms with van der Waals surface area (Å²) in [7, 11) is -2.52. The molecule has 0 aromatic heterocycles. The van der Waals surface area contributed by atoms with Gasteiger partial charge in [-0.05, 0) is 86.4 Å². The zero-order valence-electron chi connectivity index (χ0n) is 37.1. The Balaban J connectivity index is 0.000000475. The highest BCUT2D eigenvalue weighted by Crippen LogP contribution is 2.37. The summed E-state index contributed by atoms with van der Waals surface area (Å²) in [4.78, 5) is 89.5. The van der Waals surface area contributed by atoms with E-state index in [1.54, 1.807) is 49.3 Å². The van der Waals surface area contributed by atoms with Crippen LogP contribution in [0.3, 0.4) is 0 Å². The number of carboxylic acid groups (broad SMARTS) is 1. The highest BCUT2D eigenvalue weighted by Gasteiger charge is 2.39. The third-order valence-corrected chi connectivity index (χ3v) is 10.9. The molecule has 4 amide bonds. The number of aliphatic carboxylic acids is 1. The highest BCUT2D eigenvalue weighted by atomic mass is 35.5. The predicted molar refractivity (Wildman–Crippen MR) is 260 cm³/mol. The number of imide groups is 1. The van der Waals surface area contributed by atoms with Gasteiger partial charge in [0.25, 0.3) is 17.7 Å². The molecule has 0 unspecified atom stereocenters. The molecule has 16 nitrogen and oxygen atoms in total. The second kappa shape index (κ2) is 31.1. The molecule has 0 fully saturated rings. The van der Waals surface area contributed by atoms with Crippen molar-refractivity contribution in [2.75, 3.05) is 62.0 Å². The van der Waals surface area contributed by atoms with Crippen molar-refractivity contribution >= 4 is 119 Å². The van der Waals surface area contributed by atoms with Gasteiger partial charge in [-0.25, -0.2) is 9.69 Å². The summed E-state index contributed by atoms with van der Waals surface area (Å²) >= 11 is 28.6. The van der Waals surface area contributed by atoms with E-state index >= 15 is 0 Å². The lowest BCUT2D eigenvalue weighted by molar-refractivity contribution is -0.138. The minimum atomic E-state index is -4.10. The number of nitrogens with one attached hydrogen (secondary N) is 1. The summed E-state index contributed by atoms with van der Waals surface area (Å²) in [6.45, 7) is 13.7. The van der Waals surface area contributed by atoms with Crippen LogP contribution in [-0.4, -0.2) is 112 Å². The van der Waals surface area contributed by atoms with Crippen molar-refractivity contribution in [3.05, 3.63) is 99.6 Å². The molecule has 364 valence electrons. The molecule has 4 rings (SSSR count). The van der Waals surface area contributed by atoms with E-state index in [0.717, 1.165) is 42.5 Å². The van der Waals surface area contributed by atoms with Crippen molar-refractivity contribution < 1.29 is 57.7 Å². The largest absolute Gasteiger partial charge is 0.480 e. The van der Waals surface area contributed by atoms with Gasteiger partial charge >= 0.3 is 19.5 Å². The maximum atomic E-state index is 12.7. The lowest BCUT2D eigenvalue weighted by atomic mass is 9.93. The Morgan fingerprint density at radius 1 is 0.955 bits per heavy atom. The fourth-order valence-electron chi connectivity index (χ4n) is 6.19. The number of carbonyl (C=O) groups excluding carboxylic acids is 5. The van der Waals surface area contributed by atoms with E-state index in [2.05, 4.69) is 32.3 Å². The van der Waals surface area contributed by atoms with Gasteiger partial charge in [0.2, 0.25) is 5.91 Å². The Kier molecular flexibility index (Phi) is 28.2. The molecule has 2 aliphatic rings. The molecule has 66 heavy (non-hydrogen) atoms. The van der Waals surface area contributed by atoms with Crippen molar-refractivity contribution in [2.45, 2.75) is 64.1 Å². The van der Waals surface area contributed by atoms with Crippen molar-refractivity contribution in [3.63, 3.8) is 0 Å². The number of ether oxygens (including phenoxy) is 2. The van der Waals surface area contributed by atoms with E-state index in [9.17, 15) is 33.3 Å². The number of aryl methyl sites for hydroxylation is 2. The van der Waals surface area contributed by atoms with E-state index in [0.29, 0.717) is 53.4 Å². The summed E-state index contributed by atoms with van der Waals surface area (Å²) < 4.78 is 20.0. The van der Waals surface area contributed by atoms with Crippen LogP contribution < -0.4 is 15.1 Å². The Hall–Kier alpha value is -4.06. The van der Waals surface area contributed by atoms with Crippen molar-refractivity contribution in [1.82, 2.24) is 10.2 Å². The first kappa shape index (κ1) is 60.0. The number of amides is 4. The fourth-order valence-corrected chi connectivity index (χ4v) is 7.35. The number of hydrogen-bond donors (Lipinski definition) is 4. The van der Waals surface area contributed by atoms with Gasteiger partial charge in [0.05, 0.1) is 30.8 Å². The Morgan fingerprint density at radius 2 is 1.50 bits per heavy atom. The maximum absolute atomic E-state index is 12.7. The smallest absolute Gasteiger partial charge is 0.349 e. The lowest BCUT2D eigenvalue weighted by Gasteiger charge is -2.26. The van der Waals surface area contributed by atoms with Gasteiger partial charge in [-0.1, -0.05) is 90.6 Å². The van der Waals surface area contributed by atoms with Crippen LogP contribution in [0.4, 0.5) is 11.4 Å². The van der Waals surface area contributed by atoms with E-state index < -0.39 is 37.2 Å². The van der Waals surface area contributed by atoms with Crippen molar-refractivity contribution in [3.8, 4) is 0 Å². The molecule has 4 N–H and O–H groups in total. The second-order valence-corrected chi connectivity index (χ2v) is 17.6. The maximum Gasteiger partial charge on any atom is 0.349 e. The molecule has 2 aromatic carbocycles. The Bertz CT molecular complexity index is 2090. The molecular formula is C44H56Cl5N4O12P. The number of para-hydroxylation sites is 1. The quantitative estimate of drug-likeness (QED) is 0.0200. The van der Waals surface area contributed by atoms with E-state index in [4.69, 9.17) is 82.4 Å². The average molecular weight is 1040 g/mol. The molecule has 0 bridgehead atoms. The number of anilines is 2. The molecule has 0 saturated heterocycles. The molecule has 0 radical (unpaired) electrons. The molecule has 2 aromatic rings. The SMILES string of the molecule is C=CCN(CC=C)C(=O)C(Cl)Cl.CCOC(=O)/C(Cl)=C/c1cc(N2C(=O)C3=C(CCCC3)C2=O)ccc1Cl.CCc1cccc(CC)c1N(COC)C(=O)CCl.O=C(O)CNCP(=O)(O)O. The zero-order chi connectivity index (χ0) is 50.1. The monoisotopic (exact) mass is 1040 g/mol. The van der Waals surface area contributed by atoms with Crippen LogP contribution >= 0.6 is 65.6 Å². The van der Waals surface area contributed by atoms with Crippen LogP contribution in [0, 0.1) is 0 Å². The van der Waals surface area contributed by atoms with Gasteiger partial charge < -0.3 is 29.3 Å². The summed E-state index contributed by atoms with van der Waals surface area (Å²) in [5, 5.41) is 10.3. The minimum absolute atomic E-state index is 0.0371. The Labute approximate surface area is 410 Å². The Morgan fingerprint density at radius 3 is 1.92 bits per heavy atom. The lowest BCUT2D eigenvalue weighted by Crippen LogP contribution is -2.35. The van der Waals surface area contributed by atoms with Gasteiger partial charge in [-0.3, -0.25) is 38.8 Å². The van der Waals surface area contributed by atoms with Crippen LogP contribution in [0.2, 0.25) is 5.02 Å². The minimum Gasteiger partial charge on any atom is -0.480 e. The first-order valence-corrected chi connectivity index (χ1v) is 24.3. The average Bonchev–Trinajstić information content (AvgIpc) is 3.53. The summed E-state index contributed by atoms with van der Waals surface area (Å²) in [5.74, 6) is -2.86. The molecule has 1 aliphatic carbocycles. The first-order chi connectivity index (χ1) is 31.2. The van der Waals surface area contributed by atoms with Crippen molar-refractivity contribution in [2.24, 2.45) is 0 Å². The van der Waals surface area contributed by atoms with Gasteiger partial charge in [-0.2, -0.15) is 0 Å². The van der Waals surface area contributed by atoms with Gasteiger partial charge in [0.1, 0.15) is 17.6 Å². The zero-order valence-corrected chi connectivity index (χ0v) is 41.7. The van der Waals surface area contributed by atoms with Gasteiger partial charge in [0.15, 0.2) is 4.84 Å². The number of nitrogens with zero attached hydrogens (tertiary/aromatic N) is 3. The molecule has 0 spiro atoms. The van der Waals surface area contributed by atoms with E-state index in [1.807, 2.05) is 18.2 Å². The number of benzene rings is 2. The normalized spacial score (nSPS) is 13.3. The molecule has 1 heterocycles. The van der Waals surface area contributed by atoms with Gasteiger partial charge in [0, 0.05) is 36.4 Å². The topological polar surface area (TPSA) is 220 Å². The fraction of sp³-hybridized carbons (Fsp3) is 0.409. The number of rotatable bonds is 19. The van der Waals surface area contributed by atoms with Crippen molar-refractivity contribution in [1.29, 1.82) is 0 Å². The molecular weight excluding hydrogens is 985 g/mol. The van der Waals surface area contributed by atoms with Crippen LogP contribution in [0.5, 0.6) is 0 Å². The highest BCUT2D eigenvalue weighted by molar-refractivity contribution is 7.51. The van der Waals surface area contributed by atoms with Gasteiger partial charge in [-0.15, -0.1) is 24.8 Å². The first-order valence-electron chi connectivity index (χ1n) is 20.3. The van der Waals surface area contributed by atoms with E-state index in [1.165, 1.54) is 15.9 Å². The molecule has 1 aliphatic heterocycles. The number of hydrogen-bond acceptors (Lipinski definition) is 10. The van der Waals surface area contributed by atoms with Crippen LogP contribution in [-0.2, 0) is 55.6 Å². The third kappa shape index (κ3) is 19.7. The number of methoxy groups -OCH3 is 1. The summed E-state index contributed by atoms with van der Waals surface area (Å²) in [6, 6.07) is 10.8. The third-order valence-electron chi connectivity index (χ3n) is 9.08. The predicted octanol–water partition coefficient (Wildman–Crippen LogP) is 8.00. The number of alkyl halides is 3. The van der Waals surface area contributed by atoms with Crippen LogP contribution in [0.1, 0.15) is 63.1 Å². The number of carbonyl (C=O) groups is 6. The van der Waals surface area contributed by atoms with E-state index in [-0.39, 0.29) is 47.9 Å². The molecule has 0 atom stereocenters. The standard InChI is InChI=1S/C19H17Cl2NO4.C14H20ClNO2.C8H11Cl2NO.C3H8NO5P/c1-2-26-19(25)16(21)10-11-9-12(7-8-15(11)20)22-17(23)13-5-3-4-6-14(13)18(22)24;1-4-11-7-6-8-12(5-2)14(11)16(10-18-3)13(17)9-15;1-3-5-11(6-4-2)8(12)7(9)10;5-3(6)1-4-2-10(7,8)9/h7-10H,2-6H2,1H3;6-8H,4-5,9-10H2,1-3H3;3-4,7H,1-2,5-6H2;4H,1-2H2,(H,5,6)(H2,7,8,9)/b16-10-;;;. The number of esters is 1. The van der Waals surface area contributed by atoms with Crippen LogP contribution in [0.25, 0.3) is 6.08 Å². The van der Waals surface area contributed by atoms with Crippen LogP contribution in [0.15, 0.2) is 77.9 Å². The summed E-state index contributed by atoms with van der Waals surface area (Å²) in [6.07, 6.45) is 8.82. The second-order valence-electron chi connectivity index (χ2n) is 13.8. The molecule has 0 saturated carbocycles. The molecule has 22 heteroatoms.